The van der Waals surface area contributed by atoms with Gasteiger partial charge in [-0.2, -0.15) is 0 Å². The van der Waals surface area contributed by atoms with Crippen LogP contribution in [0.3, 0.4) is 0 Å². The first-order valence-electron chi connectivity index (χ1n) is 7.47. The van der Waals surface area contributed by atoms with Crippen LogP contribution in [0.5, 0.6) is 0 Å². The average molecular weight is 286 g/mol. The van der Waals surface area contributed by atoms with E-state index < -0.39 is 6.04 Å². The molecular formula is C14H30N4O2. The zero-order valence-corrected chi connectivity index (χ0v) is 12.5. The van der Waals surface area contributed by atoms with Gasteiger partial charge in [0.15, 0.2) is 0 Å². The van der Waals surface area contributed by atoms with Crippen molar-refractivity contribution < 1.29 is 9.59 Å². The summed E-state index contributed by atoms with van der Waals surface area (Å²) < 4.78 is 0. The van der Waals surface area contributed by atoms with Gasteiger partial charge in [0.1, 0.15) is 6.29 Å². The molecule has 0 radical (unpaired) electrons. The molecular weight excluding hydrogens is 256 g/mol. The predicted octanol–water partition coefficient (Wildman–Crippen LogP) is -0.108. The molecule has 3 unspecified atom stereocenters. The van der Waals surface area contributed by atoms with Crippen molar-refractivity contribution in [3.8, 4) is 0 Å². The molecule has 118 valence electrons. The summed E-state index contributed by atoms with van der Waals surface area (Å²) in [6.07, 6.45) is 5.81. The quantitative estimate of drug-likeness (QED) is 0.294. The van der Waals surface area contributed by atoms with Crippen molar-refractivity contribution in [1.82, 2.24) is 5.32 Å². The second-order valence-corrected chi connectivity index (χ2v) is 5.34. The van der Waals surface area contributed by atoms with E-state index in [4.69, 9.17) is 17.2 Å². The number of hydrogen-bond donors (Lipinski definition) is 4. The lowest BCUT2D eigenvalue weighted by Gasteiger charge is -2.14. The maximum absolute atomic E-state index is 11.7. The van der Waals surface area contributed by atoms with Crippen LogP contribution < -0.4 is 22.5 Å². The Kier molecular flexibility index (Phi) is 11.2. The van der Waals surface area contributed by atoms with Crippen molar-refractivity contribution in [2.24, 2.45) is 23.1 Å². The molecule has 0 aliphatic rings. The molecule has 0 aromatic rings. The van der Waals surface area contributed by atoms with Gasteiger partial charge in [0, 0.05) is 18.5 Å². The molecule has 0 bridgehead atoms. The molecule has 0 saturated carbocycles. The third-order valence-electron chi connectivity index (χ3n) is 3.42. The third-order valence-corrected chi connectivity index (χ3v) is 3.42. The lowest BCUT2D eigenvalue weighted by atomic mass is 9.97. The molecule has 0 rings (SSSR count). The highest BCUT2D eigenvalue weighted by molar-refractivity contribution is 5.81. The van der Waals surface area contributed by atoms with Gasteiger partial charge in [-0.1, -0.05) is 12.8 Å². The van der Waals surface area contributed by atoms with E-state index in [9.17, 15) is 9.59 Å². The van der Waals surface area contributed by atoms with Crippen LogP contribution in [0.15, 0.2) is 0 Å². The van der Waals surface area contributed by atoms with Crippen LogP contribution in [-0.4, -0.2) is 37.4 Å². The van der Waals surface area contributed by atoms with Gasteiger partial charge in [-0.05, 0) is 39.2 Å². The summed E-state index contributed by atoms with van der Waals surface area (Å²) in [5, 5.41) is 2.82. The molecule has 1 amide bonds. The van der Waals surface area contributed by atoms with E-state index in [0.717, 1.165) is 38.4 Å². The van der Waals surface area contributed by atoms with Gasteiger partial charge in [0.25, 0.3) is 0 Å². The number of hydrogen-bond acceptors (Lipinski definition) is 5. The molecule has 0 heterocycles. The van der Waals surface area contributed by atoms with E-state index in [1.165, 1.54) is 0 Å². The number of aldehydes is 1. The molecule has 7 N–H and O–H groups in total. The minimum Gasteiger partial charge on any atom is -0.355 e. The van der Waals surface area contributed by atoms with Crippen molar-refractivity contribution in [1.29, 1.82) is 0 Å². The van der Waals surface area contributed by atoms with Crippen molar-refractivity contribution in [3.63, 3.8) is 0 Å². The molecule has 0 spiro atoms. The summed E-state index contributed by atoms with van der Waals surface area (Å²) in [5.74, 6) is -0.203. The number of nitrogens with one attached hydrogen (secondary N) is 1. The molecule has 3 atom stereocenters. The van der Waals surface area contributed by atoms with Crippen molar-refractivity contribution >= 4 is 12.2 Å². The lowest BCUT2D eigenvalue weighted by molar-refractivity contribution is -0.122. The van der Waals surface area contributed by atoms with E-state index in [1.54, 1.807) is 0 Å². The van der Waals surface area contributed by atoms with Crippen LogP contribution in [0.25, 0.3) is 0 Å². The zero-order valence-electron chi connectivity index (χ0n) is 12.5. The number of rotatable bonds is 12. The van der Waals surface area contributed by atoms with E-state index in [0.29, 0.717) is 19.5 Å². The number of nitrogens with two attached hydrogens (primary N) is 3. The third kappa shape index (κ3) is 9.01. The van der Waals surface area contributed by atoms with Gasteiger partial charge in [-0.15, -0.1) is 0 Å². The van der Waals surface area contributed by atoms with Gasteiger partial charge in [-0.3, -0.25) is 4.79 Å². The Morgan fingerprint density at radius 3 is 2.35 bits per heavy atom. The highest BCUT2D eigenvalue weighted by Gasteiger charge is 2.13. The van der Waals surface area contributed by atoms with Gasteiger partial charge in [0.2, 0.25) is 5.91 Å². The monoisotopic (exact) mass is 286 g/mol. The first-order valence-corrected chi connectivity index (χ1v) is 7.47. The van der Waals surface area contributed by atoms with Gasteiger partial charge in [0.05, 0.1) is 6.04 Å². The maximum atomic E-state index is 11.7. The van der Waals surface area contributed by atoms with E-state index in [1.807, 2.05) is 6.92 Å². The lowest BCUT2D eigenvalue weighted by Crippen LogP contribution is -2.41. The fraction of sp³-hybridized carbons (Fsp3) is 0.857. The van der Waals surface area contributed by atoms with Crippen LogP contribution in [0.4, 0.5) is 0 Å². The fourth-order valence-corrected chi connectivity index (χ4v) is 1.94. The molecule has 6 nitrogen and oxygen atoms in total. The molecule has 0 fully saturated rings. The largest absolute Gasteiger partial charge is 0.355 e. The van der Waals surface area contributed by atoms with Gasteiger partial charge >= 0.3 is 0 Å². The number of amides is 1. The van der Waals surface area contributed by atoms with Crippen LogP contribution in [0.1, 0.15) is 45.4 Å². The molecule has 0 aromatic heterocycles. The smallest absolute Gasteiger partial charge is 0.236 e. The van der Waals surface area contributed by atoms with Crippen molar-refractivity contribution in [2.75, 3.05) is 13.1 Å². The van der Waals surface area contributed by atoms with E-state index >= 15 is 0 Å². The summed E-state index contributed by atoms with van der Waals surface area (Å²) in [5.41, 5.74) is 16.8. The summed E-state index contributed by atoms with van der Waals surface area (Å²) in [6.45, 7) is 3.06. The van der Waals surface area contributed by atoms with Crippen LogP contribution in [0.2, 0.25) is 0 Å². The highest BCUT2D eigenvalue weighted by Crippen LogP contribution is 2.08. The molecule has 0 aromatic carbocycles. The van der Waals surface area contributed by atoms with Crippen LogP contribution >= 0.6 is 0 Å². The van der Waals surface area contributed by atoms with Crippen LogP contribution in [0, 0.1) is 5.92 Å². The Hall–Kier alpha value is -0.980. The highest BCUT2D eigenvalue weighted by atomic mass is 16.2. The van der Waals surface area contributed by atoms with E-state index in [2.05, 4.69) is 5.32 Å². The standard InChI is InChI=1S/C14H30N4O2/c1-11(16)12(10-19)6-3-5-9-18-14(20)13(17)7-2-4-8-15/h10-13H,2-9,15-17H2,1H3,(H,18,20). The fourth-order valence-electron chi connectivity index (χ4n) is 1.94. The number of unbranched alkanes of at least 4 members (excludes halogenated alkanes) is 2. The second kappa shape index (κ2) is 11.8. The molecule has 0 aliphatic carbocycles. The minimum absolute atomic E-state index is 0.0933. The first kappa shape index (κ1) is 19.0. The van der Waals surface area contributed by atoms with Crippen LogP contribution in [-0.2, 0) is 9.59 Å². The molecule has 0 saturated heterocycles. The Balaban J connectivity index is 3.63. The normalized spacial score (nSPS) is 15.4. The van der Waals surface area contributed by atoms with Crippen molar-refractivity contribution in [2.45, 2.75) is 57.5 Å². The molecule has 0 aliphatic heterocycles. The van der Waals surface area contributed by atoms with Gasteiger partial charge in [-0.25, -0.2) is 0 Å². The number of carbonyl (C=O) groups excluding carboxylic acids is 2. The van der Waals surface area contributed by atoms with E-state index in [-0.39, 0.29) is 17.9 Å². The average Bonchev–Trinajstić information content (AvgIpc) is 2.42. The van der Waals surface area contributed by atoms with Crippen molar-refractivity contribution in [3.05, 3.63) is 0 Å². The molecule has 6 heteroatoms. The minimum atomic E-state index is -0.451. The maximum Gasteiger partial charge on any atom is 0.236 e. The zero-order chi connectivity index (χ0) is 15.4. The van der Waals surface area contributed by atoms with Gasteiger partial charge < -0.3 is 27.3 Å². The Morgan fingerprint density at radius 1 is 1.15 bits per heavy atom. The summed E-state index contributed by atoms with van der Waals surface area (Å²) >= 11 is 0. The summed E-state index contributed by atoms with van der Waals surface area (Å²) in [6, 6.07) is -0.564. The predicted molar refractivity (Wildman–Crippen MR) is 80.9 cm³/mol. The summed E-state index contributed by atoms with van der Waals surface area (Å²) in [7, 11) is 0. The second-order valence-electron chi connectivity index (χ2n) is 5.34. The Bertz CT molecular complexity index is 272. The topological polar surface area (TPSA) is 124 Å². The Labute approximate surface area is 121 Å². The SMILES string of the molecule is CC(N)C(C=O)CCCCNC(=O)C(N)CCCCN. The summed E-state index contributed by atoms with van der Waals surface area (Å²) in [4.78, 5) is 22.4. The number of carbonyl (C=O) groups is 2. The molecule has 20 heavy (non-hydrogen) atoms. The first-order chi connectivity index (χ1) is 9.52. The Morgan fingerprint density at radius 2 is 1.80 bits per heavy atom.